The summed E-state index contributed by atoms with van der Waals surface area (Å²) in [4.78, 5) is 20.7. The van der Waals surface area contributed by atoms with Crippen LogP contribution in [-0.2, 0) is 0 Å². The van der Waals surface area contributed by atoms with Gasteiger partial charge in [0.1, 0.15) is 23.0 Å². The summed E-state index contributed by atoms with van der Waals surface area (Å²) < 4.78 is 10.4. The highest BCUT2D eigenvalue weighted by molar-refractivity contribution is 6.03. The molecule has 2 aromatic rings. The van der Waals surface area contributed by atoms with E-state index < -0.39 is 0 Å². The maximum absolute atomic E-state index is 12.3. The maximum atomic E-state index is 12.3. The van der Waals surface area contributed by atoms with Crippen molar-refractivity contribution in [1.29, 1.82) is 0 Å². The van der Waals surface area contributed by atoms with Gasteiger partial charge in [-0.3, -0.25) is 4.79 Å². The zero-order chi connectivity index (χ0) is 17.5. The second-order valence-electron chi connectivity index (χ2n) is 5.26. The number of hydrogen-bond donors (Lipinski definition) is 2. The molecule has 0 spiro atoms. The van der Waals surface area contributed by atoms with Gasteiger partial charge < -0.3 is 20.1 Å². The number of rotatable bonds is 7. The Morgan fingerprint density at radius 3 is 2.58 bits per heavy atom. The molecular weight excluding hydrogens is 308 g/mol. The van der Waals surface area contributed by atoms with Crippen LogP contribution < -0.4 is 20.1 Å². The van der Waals surface area contributed by atoms with Gasteiger partial charge in [0.15, 0.2) is 0 Å². The molecule has 0 radical (unpaired) electrons. The second kappa shape index (κ2) is 8.14. The second-order valence-corrected chi connectivity index (χ2v) is 5.26. The number of hydrogen-bond acceptors (Lipinski definition) is 6. The Morgan fingerprint density at radius 1 is 1.21 bits per heavy atom. The summed E-state index contributed by atoms with van der Waals surface area (Å²) in [5.41, 5.74) is 0.759. The number of methoxy groups -OCH3 is 2. The quantitative estimate of drug-likeness (QED) is 0.812. The van der Waals surface area contributed by atoms with Crippen molar-refractivity contribution >= 4 is 17.4 Å². The molecule has 1 atom stereocenters. The van der Waals surface area contributed by atoms with E-state index in [2.05, 4.69) is 34.4 Å². The van der Waals surface area contributed by atoms with Crippen LogP contribution in [0.5, 0.6) is 11.5 Å². The Hall–Kier alpha value is -2.83. The van der Waals surface area contributed by atoms with Crippen LogP contribution in [0.2, 0.25) is 0 Å². The third-order valence-electron chi connectivity index (χ3n) is 3.55. The van der Waals surface area contributed by atoms with Gasteiger partial charge in [0.25, 0.3) is 5.91 Å². The third-order valence-corrected chi connectivity index (χ3v) is 3.55. The number of aromatic nitrogens is 2. The standard InChI is InChI=1S/C17H22N4O3/c1-5-11(2)20-16-10-18-14(9-19-16)17(22)21-13-7-6-12(23-3)8-15(13)24-4/h6-11H,5H2,1-4H3,(H,19,20)(H,21,22). The lowest BCUT2D eigenvalue weighted by Crippen LogP contribution is -2.17. The molecule has 7 heteroatoms. The molecule has 0 bridgehead atoms. The first kappa shape index (κ1) is 17.5. The van der Waals surface area contributed by atoms with E-state index >= 15 is 0 Å². The zero-order valence-electron chi connectivity index (χ0n) is 14.3. The molecule has 1 heterocycles. The number of carbonyl (C=O) groups excluding carboxylic acids is 1. The van der Waals surface area contributed by atoms with Crippen molar-refractivity contribution in [3.8, 4) is 11.5 Å². The van der Waals surface area contributed by atoms with Gasteiger partial charge in [0.2, 0.25) is 0 Å². The minimum Gasteiger partial charge on any atom is -0.497 e. The van der Waals surface area contributed by atoms with Crippen molar-refractivity contribution in [2.45, 2.75) is 26.3 Å². The summed E-state index contributed by atoms with van der Waals surface area (Å²) in [5, 5.41) is 5.96. The van der Waals surface area contributed by atoms with Crippen LogP contribution in [-0.4, -0.2) is 36.1 Å². The normalized spacial score (nSPS) is 11.5. The van der Waals surface area contributed by atoms with E-state index in [0.29, 0.717) is 29.0 Å². The molecular formula is C17H22N4O3. The van der Waals surface area contributed by atoms with Gasteiger partial charge in [-0.2, -0.15) is 0 Å². The number of ether oxygens (including phenoxy) is 2. The van der Waals surface area contributed by atoms with E-state index in [9.17, 15) is 4.79 Å². The number of benzene rings is 1. The summed E-state index contributed by atoms with van der Waals surface area (Å²) in [6, 6.07) is 5.44. The Balaban J connectivity index is 2.09. The minimum absolute atomic E-state index is 0.225. The predicted molar refractivity (Wildman–Crippen MR) is 92.9 cm³/mol. The van der Waals surface area contributed by atoms with Crippen molar-refractivity contribution in [2.75, 3.05) is 24.9 Å². The molecule has 1 amide bonds. The number of nitrogens with one attached hydrogen (secondary N) is 2. The molecule has 24 heavy (non-hydrogen) atoms. The van der Waals surface area contributed by atoms with E-state index in [0.717, 1.165) is 6.42 Å². The zero-order valence-corrected chi connectivity index (χ0v) is 14.3. The van der Waals surface area contributed by atoms with Gasteiger partial charge in [-0.05, 0) is 25.5 Å². The first-order valence-corrected chi connectivity index (χ1v) is 7.69. The third kappa shape index (κ3) is 4.34. The highest BCUT2D eigenvalue weighted by Gasteiger charge is 2.12. The van der Waals surface area contributed by atoms with Gasteiger partial charge in [-0.1, -0.05) is 6.92 Å². The Labute approximate surface area is 141 Å². The average molecular weight is 330 g/mol. The largest absolute Gasteiger partial charge is 0.497 e. The molecule has 0 aliphatic rings. The fourth-order valence-corrected chi connectivity index (χ4v) is 1.96. The first-order valence-electron chi connectivity index (χ1n) is 7.69. The molecule has 2 N–H and O–H groups in total. The van der Waals surface area contributed by atoms with Gasteiger partial charge in [0, 0.05) is 12.1 Å². The molecule has 1 aromatic heterocycles. The van der Waals surface area contributed by atoms with Crippen LogP contribution in [0.15, 0.2) is 30.6 Å². The summed E-state index contributed by atoms with van der Waals surface area (Å²) >= 11 is 0. The Bertz CT molecular complexity index is 689. The van der Waals surface area contributed by atoms with Gasteiger partial charge >= 0.3 is 0 Å². The summed E-state index contributed by atoms with van der Waals surface area (Å²) in [6.07, 6.45) is 3.96. The summed E-state index contributed by atoms with van der Waals surface area (Å²) in [6.45, 7) is 4.13. The monoisotopic (exact) mass is 330 g/mol. The van der Waals surface area contributed by atoms with Gasteiger partial charge in [-0.25, -0.2) is 9.97 Å². The van der Waals surface area contributed by atoms with Crippen LogP contribution in [0.4, 0.5) is 11.5 Å². The van der Waals surface area contributed by atoms with Crippen molar-refractivity contribution < 1.29 is 14.3 Å². The molecule has 128 valence electrons. The molecule has 0 saturated heterocycles. The lowest BCUT2D eigenvalue weighted by Gasteiger charge is -2.13. The van der Waals surface area contributed by atoms with Crippen molar-refractivity contribution in [3.63, 3.8) is 0 Å². The van der Waals surface area contributed by atoms with Crippen molar-refractivity contribution in [3.05, 3.63) is 36.3 Å². The van der Waals surface area contributed by atoms with Crippen molar-refractivity contribution in [1.82, 2.24) is 9.97 Å². The molecule has 0 aliphatic heterocycles. The molecule has 1 unspecified atom stereocenters. The van der Waals surface area contributed by atoms with Crippen LogP contribution in [0, 0.1) is 0 Å². The maximum Gasteiger partial charge on any atom is 0.275 e. The average Bonchev–Trinajstić information content (AvgIpc) is 2.62. The molecule has 0 saturated carbocycles. The SMILES string of the molecule is CCC(C)Nc1cnc(C(=O)Nc2ccc(OC)cc2OC)cn1. The van der Waals surface area contributed by atoms with E-state index in [4.69, 9.17) is 9.47 Å². The molecule has 7 nitrogen and oxygen atoms in total. The van der Waals surface area contributed by atoms with Gasteiger partial charge in [-0.15, -0.1) is 0 Å². The van der Waals surface area contributed by atoms with E-state index in [-0.39, 0.29) is 11.6 Å². The number of carbonyl (C=O) groups is 1. The lowest BCUT2D eigenvalue weighted by molar-refractivity contribution is 0.102. The van der Waals surface area contributed by atoms with Crippen LogP contribution in [0.25, 0.3) is 0 Å². The van der Waals surface area contributed by atoms with Crippen LogP contribution >= 0.6 is 0 Å². The smallest absolute Gasteiger partial charge is 0.275 e. The number of amides is 1. The first-order chi connectivity index (χ1) is 11.6. The minimum atomic E-state index is -0.360. The molecule has 0 aliphatic carbocycles. The van der Waals surface area contributed by atoms with Gasteiger partial charge in [0.05, 0.1) is 32.3 Å². The van der Waals surface area contributed by atoms with Crippen LogP contribution in [0.3, 0.4) is 0 Å². The lowest BCUT2D eigenvalue weighted by atomic mass is 10.2. The molecule has 0 fully saturated rings. The molecule has 2 rings (SSSR count). The Morgan fingerprint density at radius 2 is 2.00 bits per heavy atom. The number of anilines is 2. The molecule has 1 aromatic carbocycles. The highest BCUT2D eigenvalue weighted by atomic mass is 16.5. The van der Waals surface area contributed by atoms with E-state index in [1.165, 1.54) is 13.3 Å². The fraction of sp³-hybridized carbons (Fsp3) is 0.353. The van der Waals surface area contributed by atoms with E-state index in [1.54, 1.807) is 31.5 Å². The van der Waals surface area contributed by atoms with Crippen molar-refractivity contribution in [2.24, 2.45) is 0 Å². The predicted octanol–water partition coefficient (Wildman–Crippen LogP) is 2.96. The fourth-order valence-electron chi connectivity index (χ4n) is 1.96. The Kier molecular flexibility index (Phi) is 5.95. The topological polar surface area (TPSA) is 85.4 Å². The summed E-state index contributed by atoms with van der Waals surface area (Å²) in [7, 11) is 3.09. The van der Waals surface area contributed by atoms with Crippen LogP contribution in [0.1, 0.15) is 30.8 Å². The summed E-state index contributed by atoms with van der Waals surface area (Å²) in [5.74, 6) is 1.43. The number of nitrogens with zero attached hydrogens (tertiary/aromatic N) is 2. The van der Waals surface area contributed by atoms with E-state index in [1.807, 2.05) is 0 Å². The highest BCUT2D eigenvalue weighted by Crippen LogP contribution is 2.29.